The third kappa shape index (κ3) is 13.6. The van der Waals surface area contributed by atoms with Crippen molar-refractivity contribution in [3.05, 3.63) is 71.5 Å². The van der Waals surface area contributed by atoms with Crippen LogP contribution in [-0.2, 0) is 18.9 Å². The zero-order chi connectivity index (χ0) is 28.1. The minimum Gasteiger partial charge on any atom is -0.494 e. The van der Waals surface area contributed by atoms with Gasteiger partial charge < -0.3 is 39.8 Å². The van der Waals surface area contributed by atoms with Crippen molar-refractivity contribution in [1.29, 1.82) is 0 Å². The highest BCUT2D eigenvalue weighted by Gasteiger charge is 2.09. The number of ether oxygens (including phenoxy) is 4. The number of aliphatic hydroxyl groups is 2. The highest BCUT2D eigenvalue weighted by Crippen LogP contribution is 2.10. The maximum absolute atomic E-state index is 10.1. The fourth-order valence-corrected chi connectivity index (χ4v) is 4.38. The third-order valence-corrected chi connectivity index (χ3v) is 6.71. The lowest BCUT2D eigenvalue weighted by Gasteiger charge is -2.24. The van der Waals surface area contributed by atoms with Crippen LogP contribution in [0.25, 0.3) is 0 Å². The second-order valence-corrected chi connectivity index (χ2v) is 9.74. The molecule has 1 aliphatic heterocycles. The topological polar surface area (TPSA) is 108 Å². The minimum atomic E-state index is 0.222. The first-order valence-electron chi connectivity index (χ1n) is 14.5. The van der Waals surface area contributed by atoms with E-state index in [-0.39, 0.29) is 11.8 Å². The Morgan fingerprint density at radius 2 is 0.875 bits per heavy atom. The summed E-state index contributed by atoms with van der Waals surface area (Å²) in [5, 5.41) is 26.4. The molecule has 10 heteroatoms. The van der Waals surface area contributed by atoms with E-state index in [0.717, 1.165) is 63.3 Å². The van der Waals surface area contributed by atoms with Crippen molar-refractivity contribution >= 4 is 0 Å². The molecule has 10 nitrogen and oxygen atoms in total. The monoisotopic (exact) mass is 560 g/mol. The van der Waals surface area contributed by atoms with E-state index in [1.807, 2.05) is 48.6 Å². The molecule has 1 fully saturated rings. The highest BCUT2D eigenvalue weighted by atomic mass is 16.5. The van der Waals surface area contributed by atoms with Crippen LogP contribution in [0.4, 0.5) is 0 Å². The van der Waals surface area contributed by atoms with Gasteiger partial charge in [0, 0.05) is 50.4 Å². The number of rotatable bonds is 10. The maximum Gasteiger partial charge on any atom is 0.191 e. The van der Waals surface area contributed by atoms with Crippen LogP contribution < -0.4 is 10.6 Å². The molecule has 0 atom stereocenters. The van der Waals surface area contributed by atoms with Crippen LogP contribution in [0.15, 0.2) is 71.5 Å². The van der Waals surface area contributed by atoms with Gasteiger partial charge in [0.25, 0.3) is 0 Å². The zero-order valence-electron chi connectivity index (χ0n) is 23.8. The van der Waals surface area contributed by atoms with Crippen molar-refractivity contribution in [2.45, 2.75) is 12.8 Å². The molecule has 224 valence electrons. The molecule has 0 saturated carbocycles. The average molecular weight is 561 g/mol. The van der Waals surface area contributed by atoms with Crippen molar-refractivity contribution in [3.8, 4) is 0 Å². The van der Waals surface area contributed by atoms with Crippen LogP contribution >= 0.6 is 0 Å². The van der Waals surface area contributed by atoms with E-state index in [9.17, 15) is 10.2 Å². The van der Waals surface area contributed by atoms with E-state index in [0.29, 0.717) is 65.9 Å². The molecule has 1 saturated heterocycles. The molecule has 3 rings (SSSR count). The van der Waals surface area contributed by atoms with Gasteiger partial charge in [-0.25, -0.2) is 0 Å². The van der Waals surface area contributed by atoms with Crippen molar-refractivity contribution < 1.29 is 29.2 Å². The number of hydrogen-bond acceptors (Lipinski definition) is 10. The Balaban J connectivity index is 1.31. The van der Waals surface area contributed by atoms with Crippen LogP contribution in [0.1, 0.15) is 12.8 Å². The Morgan fingerprint density at radius 1 is 0.550 bits per heavy atom. The lowest BCUT2D eigenvalue weighted by atomic mass is 10.3. The van der Waals surface area contributed by atoms with Gasteiger partial charge in [0.1, 0.15) is 0 Å². The summed E-state index contributed by atoms with van der Waals surface area (Å²) in [6.07, 6.45) is 17.0. The van der Waals surface area contributed by atoms with Gasteiger partial charge >= 0.3 is 0 Å². The predicted molar refractivity (Wildman–Crippen MR) is 157 cm³/mol. The average Bonchev–Trinajstić information content (AvgIpc) is 3.70. The highest BCUT2D eigenvalue weighted by molar-refractivity contribution is 5.41. The number of hydrogen-bond donors (Lipinski definition) is 4. The standard InChI is InChI=1S/C30H48N4O6/c35-29(27-7-1-2-8-27)31-11-5-13-33-15-19-37-23-25-39-21-17-34(18-22-40-26-24-38-20-16-33)14-6-12-32-30(36)28-9-3-4-10-28/h1-4,7-10,31-32,35-36H,5-6,11-26H2. The molecule has 1 heterocycles. The summed E-state index contributed by atoms with van der Waals surface area (Å²) in [5.74, 6) is 0.444. The molecular formula is C30H48N4O6. The van der Waals surface area contributed by atoms with Crippen molar-refractivity contribution in [2.24, 2.45) is 0 Å². The molecule has 0 unspecified atom stereocenters. The van der Waals surface area contributed by atoms with E-state index in [4.69, 9.17) is 18.9 Å². The minimum absolute atomic E-state index is 0.222. The number of aliphatic hydroxyl groups excluding tert-OH is 2. The van der Waals surface area contributed by atoms with E-state index >= 15 is 0 Å². The van der Waals surface area contributed by atoms with Crippen molar-refractivity contribution in [3.63, 3.8) is 0 Å². The smallest absolute Gasteiger partial charge is 0.191 e. The lowest BCUT2D eigenvalue weighted by molar-refractivity contribution is 0.00791. The summed E-state index contributed by atoms with van der Waals surface area (Å²) in [4.78, 5) is 4.66. The van der Waals surface area contributed by atoms with Crippen molar-refractivity contribution in [2.75, 3.05) is 105 Å². The van der Waals surface area contributed by atoms with Gasteiger partial charge in [0.15, 0.2) is 11.8 Å². The van der Waals surface area contributed by atoms with E-state index < -0.39 is 0 Å². The first kappa shape index (κ1) is 31.9. The van der Waals surface area contributed by atoms with Crippen LogP contribution in [0.3, 0.4) is 0 Å². The zero-order valence-corrected chi connectivity index (χ0v) is 23.8. The van der Waals surface area contributed by atoms with E-state index in [1.54, 1.807) is 0 Å². The summed E-state index contributed by atoms with van der Waals surface area (Å²) in [6, 6.07) is 0. The molecule has 0 radical (unpaired) electrons. The Bertz CT molecular complexity index is 779. The van der Waals surface area contributed by atoms with Crippen molar-refractivity contribution in [1.82, 2.24) is 20.4 Å². The lowest BCUT2D eigenvalue weighted by Crippen LogP contribution is -2.35. The second-order valence-electron chi connectivity index (χ2n) is 9.74. The summed E-state index contributed by atoms with van der Waals surface area (Å²) in [6.45, 7) is 11.3. The Kier molecular flexibility index (Phi) is 16.2. The molecule has 40 heavy (non-hydrogen) atoms. The summed E-state index contributed by atoms with van der Waals surface area (Å²) in [7, 11) is 0. The third-order valence-electron chi connectivity index (χ3n) is 6.71. The number of nitrogens with one attached hydrogen (secondary N) is 2. The fraction of sp³-hybridized carbons (Fsp3) is 0.600. The molecule has 0 amide bonds. The molecule has 0 aromatic heterocycles. The van der Waals surface area contributed by atoms with Crippen LogP contribution in [0.2, 0.25) is 0 Å². The fourth-order valence-electron chi connectivity index (χ4n) is 4.38. The Labute approximate surface area is 239 Å². The first-order chi connectivity index (χ1) is 19.7. The summed E-state index contributed by atoms with van der Waals surface area (Å²) < 4.78 is 23.3. The van der Waals surface area contributed by atoms with Gasteiger partial charge in [-0.15, -0.1) is 0 Å². The normalized spacial score (nSPS) is 20.5. The molecule has 0 spiro atoms. The first-order valence-corrected chi connectivity index (χ1v) is 14.5. The van der Waals surface area contributed by atoms with Crippen LogP contribution in [0, 0.1) is 0 Å². The van der Waals surface area contributed by atoms with Crippen LogP contribution in [-0.4, -0.2) is 125 Å². The summed E-state index contributed by atoms with van der Waals surface area (Å²) >= 11 is 0. The molecule has 3 aliphatic rings. The van der Waals surface area contributed by atoms with Gasteiger partial charge in [-0.1, -0.05) is 24.3 Å². The van der Waals surface area contributed by atoms with Gasteiger partial charge in [-0.05, 0) is 50.2 Å². The van der Waals surface area contributed by atoms with Gasteiger partial charge in [-0.2, -0.15) is 0 Å². The molecule has 0 bridgehead atoms. The molecule has 2 aliphatic carbocycles. The Hall–Kier alpha value is -2.60. The maximum atomic E-state index is 10.1. The van der Waals surface area contributed by atoms with Crippen LogP contribution in [0.5, 0.6) is 0 Å². The van der Waals surface area contributed by atoms with Gasteiger partial charge in [0.05, 0.1) is 52.9 Å². The van der Waals surface area contributed by atoms with E-state index in [2.05, 4.69) is 20.4 Å². The van der Waals surface area contributed by atoms with Gasteiger partial charge in [-0.3, -0.25) is 9.80 Å². The second kappa shape index (κ2) is 20.3. The molecule has 0 aromatic carbocycles. The largest absolute Gasteiger partial charge is 0.494 e. The molecule has 0 aromatic rings. The van der Waals surface area contributed by atoms with Gasteiger partial charge in [0.2, 0.25) is 0 Å². The summed E-state index contributed by atoms with van der Waals surface area (Å²) in [5.41, 5.74) is 1.63. The quantitative estimate of drug-likeness (QED) is 0.235. The SMILES string of the molecule is OC(NCCCN1CCOCCOCCN(CCCNC(O)=C2C=CC=C2)CCOCCOCC1)=C1C=CC=C1. The Morgan fingerprint density at radius 3 is 1.20 bits per heavy atom. The molecular weight excluding hydrogens is 512 g/mol. The van der Waals surface area contributed by atoms with E-state index in [1.165, 1.54) is 0 Å². The number of nitrogens with zero attached hydrogens (tertiary/aromatic N) is 2. The molecule has 4 N–H and O–H groups in total. The predicted octanol–water partition coefficient (Wildman–Crippen LogP) is 2.42. The number of allylic oxidation sites excluding steroid dienone is 10.